The Labute approximate surface area is 69.0 Å². The first-order chi connectivity index (χ1) is 5.74. The topological polar surface area (TPSA) is 89.8 Å². The van der Waals surface area contributed by atoms with Gasteiger partial charge in [0.25, 0.3) is 0 Å². The molecule has 0 aliphatic heterocycles. The summed E-state index contributed by atoms with van der Waals surface area (Å²) < 4.78 is 12.8. The summed E-state index contributed by atoms with van der Waals surface area (Å²) in [5.74, 6) is -0.401. The third kappa shape index (κ3) is 2.03. The Morgan fingerprint density at radius 1 is 1.58 bits per heavy atom. The number of halogens is 1. The van der Waals surface area contributed by atoms with Crippen molar-refractivity contribution in [1.29, 1.82) is 0 Å². The maximum atomic E-state index is 12.8. The maximum Gasteiger partial charge on any atom is 0.222 e. The van der Waals surface area contributed by atoms with Crippen LogP contribution in [0.5, 0.6) is 0 Å². The van der Waals surface area contributed by atoms with Crippen molar-refractivity contribution in [1.82, 2.24) is 9.97 Å². The van der Waals surface area contributed by atoms with Crippen molar-refractivity contribution >= 4 is 11.8 Å². The first-order valence-electron chi connectivity index (χ1n) is 3.46. The highest BCUT2D eigenvalue weighted by molar-refractivity contribution is 5.38. The van der Waals surface area contributed by atoms with Crippen LogP contribution < -0.4 is 16.8 Å². The van der Waals surface area contributed by atoms with Crippen LogP contribution in [0.3, 0.4) is 0 Å². The Morgan fingerprint density at radius 3 is 3.00 bits per heavy atom. The highest BCUT2D eigenvalue weighted by Crippen LogP contribution is 2.08. The zero-order valence-corrected chi connectivity index (χ0v) is 6.42. The molecule has 1 aromatic heterocycles. The van der Waals surface area contributed by atoms with E-state index in [2.05, 4.69) is 15.3 Å². The second kappa shape index (κ2) is 3.82. The minimum absolute atomic E-state index is 0.0379. The van der Waals surface area contributed by atoms with Gasteiger partial charge in [0.15, 0.2) is 11.6 Å². The van der Waals surface area contributed by atoms with Gasteiger partial charge in [0.1, 0.15) is 0 Å². The van der Waals surface area contributed by atoms with Crippen molar-refractivity contribution in [3.8, 4) is 0 Å². The van der Waals surface area contributed by atoms with Gasteiger partial charge in [-0.15, -0.1) is 0 Å². The minimum atomic E-state index is -0.530. The van der Waals surface area contributed by atoms with E-state index in [1.54, 1.807) is 0 Å². The molecule has 0 fully saturated rings. The molecule has 1 heterocycles. The molecule has 0 spiro atoms. The van der Waals surface area contributed by atoms with E-state index in [9.17, 15) is 4.39 Å². The van der Waals surface area contributed by atoms with Crippen molar-refractivity contribution in [2.24, 2.45) is 5.73 Å². The zero-order chi connectivity index (χ0) is 8.97. The fourth-order valence-corrected chi connectivity index (χ4v) is 0.695. The third-order valence-electron chi connectivity index (χ3n) is 1.20. The highest BCUT2D eigenvalue weighted by Gasteiger charge is 2.02. The standard InChI is InChI=1S/C6H10FN5/c7-4-3-11-6(9)12-5(4)10-2-1-8/h3H,1-2,8H2,(H3,9,10,11,12). The molecule has 1 aromatic rings. The van der Waals surface area contributed by atoms with Gasteiger partial charge in [-0.3, -0.25) is 0 Å². The van der Waals surface area contributed by atoms with Gasteiger partial charge in [0, 0.05) is 13.1 Å². The fourth-order valence-electron chi connectivity index (χ4n) is 0.695. The van der Waals surface area contributed by atoms with Gasteiger partial charge in [-0.1, -0.05) is 0 Å². The van der Waals surface area contributed by atoms with Gasteiger partial charge in [0.2, 0.25) is 5.95 Å². The Bertz CT molecular complexity index is 264. The second-order valence-electron chi connectivity index (χ2n) is 2.14. The van der Waals surface area contributed by atoms with Crippen molar-refractivity contribution < 1.29 is 4.39 Å². The molecule has 66 valence electrons. The Kier molecular flexibility index (Phi) is 2.76. The summed E-state index contributed by atoms with van der Waals surface area (Å²) in [6.45, 7) is 0.858. The smallest absolute Gasteiger partial charge is 0.222 e. The van der Waals surface area contributed by atoms with Gasteiger partial charge in [0.05, 0.1) is 6.20 Å². The normalized spacial score (nSPS) is 9.83. The molecule has 6 heteroatoms. The summed E-state index contributed by atoms with van der Waals surface area (Å²) in [4.78, 5) is 7.10. The SMILES string of the molecule is NCCNc1nc(N)ncc1F. The van der Waals surface area contributed by atoms with Crippen molar-refractivity contribution in [2.75, 3.05) is 24.1 Å². The fraction of sp³-hybridized carbons (Fsp3) is 0.333. The predicted octanol–water partition coefficient (Wildman–Crippen LogP) is -0.432. The van der Waals surface area contributed by atoms with Gasteiger partial charge < -0.3 is 16.8 Å². The molecule has 12 heavy (non-hydrogen) atoms. The molecule has 0 radical (unpaired) electrons. The lowest BCUT2D eigenvalue weighted by atomic mass is 10.5. The molecule has 0 saturated carbocycles. The van der Waals surface area contributed by atoms with E-state index in [1.807, 2.05) is 0 Å². The lowest BCUT2D eigenvalue weighted by Gasteiger charge is -2.03. The Balaban J connectivity index is 2.75. The van der Waals surface area contributed by atoms with E-state index < -0.39 is 5.82 Å². The summed E-state index contributed by atoms with van der Waals surface area (Å²) in [6, 6.07) is 0. The van der Waals surface area contributed by atoms with Crippen LogP contribution in [0, 0.1) is 5.82 Å². The first-order valence-corrected chi connectivity index (χ1v) is 3.46. The van der Waals surface area contributed by atoms with E-state index in [0.29, 0.717) is 13.1 Å². The Hall–Kier alpha value is -1.43. The van der Waals surface area contributed by atoms with Crippen LogP contribution in [-0.4, -0.2) is 23.1 Å². The van der Waals surface area contributed by atoms with Crippen molar-refractivity contribution in [3.63, 3.8) is 0 Å². The van der Waals surface area contributed by atoms with Gasteiger partial charge in [-0.05, 0) is 0 Å². The number of anilines is 2. The van der Waals surface area contributed by atoms with E-state index in [1.165, 1.54) is 0 Å². The number of nitrogens with one attached hydrogen (secondary N) is 1. The van der Waals surface area contributed by atoms with Crippen LogP contribution in [0.4, 0.5) is 16.2 Å². The number of hydrogen-bond acceptors (Lipinski definition) is 5. The van der Waals surface area contributed by atoms with Gasteiger partial charge >= 0.3 is 0 Å². The monoisotopic (exact) mass is 171 g/mol. The van der Waals surface area contributed by atoms with Crippen LogP contribution in [0.2, 0.25) is 0 Å². The molecule has 0 aliphatic carbocycles. The van der Waals surface area contributed by atoms with Gasteiger partial charge in [-0.2, -0.15) is 4.98 Å². The summed E-state index contributed by atoms with van der Waals surface area (Å²) in [7, 11) is 0. The number of hydrogen-bond donors (Lipinski definition) is 3. The summed E-state index contributed by atoms with van der Waals surface area (Å²) in [5, 5.41) is 2.67. The van der Waals surface area contributed by atoms with E-state index in [-0.39, 0.29) is 11.8 Å². The second-order valence-corrected chi connectivity index (χ2v) is 2.14. The van der Waals surface area contributed by atoms with Crippen LogP contribution >= 0.6 is 0 Å². The van der Waals surface area contributed by atoms with E-state index in [0.717, 1.165) is 6.20 Å². The van der Waals surface area contributed by atoms with Crippen LogP contribution in [0.15, 0.2) is 6.20 Å². The Morgan fingerprint density at radius 2 is 2.33 bits per heavy atom. The van der Waals surface area contributed by atoms with Gasteiger partial charge in [-0.25, -0.2) is 9.37 Å². The quantitative estimate of drug-likeness (QED) is 0.574. The number of aromatic nitrogens is 2. The zero-order valence-electron chi connectivity index (χ0n) is 6.42. The number of nitrogens with zero attached hydrogens (tertiary/aromatic N) is 2. The summed E-state index contributed by atoms with van der Waals surface area (Å²) in [6.07, 6.45) is 1.02. The molecule has 0 atom stereocenters. The molecule has 0 aliphatic rings. The summed E-state index contributed by atoms with van der Waals surface area (Å²) in [5.41, 5.74) is 10.4. The number of rotatable bonds is 3. The molecule has 0 saturated heterocycles. The molecular weight excluding hydrogens is 161 g/mol. The average molecular weight is 171 g/mol. The molecule has 0 unspecified atom stereocenters. The third-order valence-corrected chi connectivity index (χ3v) is 1.20. The number of nitrogen functional groups attached to an aromatic ring is 1. The molecule has 1 rings (SSSR count). The molecule has 5 nitrogen and oxygen atoms in total. The number of nitrogens with two attached hydrogens (primary N) is 2. The van der Waals surface area contributed by atoms with Crippen LogP contribution in [0.25, 0.3) is 0 Å². The first kappa shape index (κ1) is 8.66. The highest BCUT2D eigenvalue weighted by atomic mass is 19.1. The van der Waals surface area contributed by atoms with E-state index in [4.69, 9.17) is 11.5 Å². The summed E-state index contributed by atoms with van der Waals surface area (Å²) >= 11 is 0. The van der Waals surface area contributed by atoms with Crippen LogP contribution in [-0.2, 0) is 0 Å². The largest absolute Gasteiger partial charge is 0.368 e. The molecular formula is C6H10FN5. The lowest BCUT2D eigenvalue weighted by Crippen LogP contribution is -2.15. The molecule has 0 aromatic carbocycles. The average Bonchev–Trinajstić information content (AvgIpc) is 2.07. The van der Waals surface area contributed by atoms with Crippen LogP contribution in [0.1, 0.15) is 0 Å². The molecule has 0 bridgehead atoms. The maximum absolute atomic E-state index is 12.8. The molecule has 0 amide bonds. The molecule has 5 N–H and O–H groups in total. The van der Waals surface area contributed by atoms with Crippen molar-refractivity contribution in [2.45, 2.75) is 0 Å². The lowest BCUT2D eigenvalue weighted by molar-refractivity contribution is 0.617. The minimum Gasteiger partial charge on any atom is -0.368 e. The predicted molar refractivity (Wildman–Crippen MR) is 43.9 cm³/mol. The van der Waals surface area contributed by atoms with Crippen molar-refractivity contribution in [3.05, 3.63) is 12.0 Å². The van der Waals surface area contributed by atoms with E-state index >= 15 is 0 Å².